The molecule has 0 heterocycles. The fourth-order valence-corrected chi connectivity index (χ4v) is 2.39. The molecule has 0 saturated heterocycles. The molecule has 0 atom stereocenters. The molecule has 0 saturated carbocycles. The van der Waals surface area contributed by atoms with Gasteiger partial charge < -0.3 is 30.6 Å². The number of nitrogens with one attached hydrogen (secondary N) is 2. The third kappa shape index (κ3) is 8.06. The van der Waals surface area contributed by atoms with Crippen LogP contribution in [0.25, 0.3) is 0 Å². The molecule has 0 aliphatic rings. The van der Waals surface area contributed by atoms with Crippen LogP contribution in [0.4, 0.5) is 0 Å². The lowest BCUT2D eigenvalue weighted by molar-refractivity contribution is -0.120. The van der Waals surface area contributed by atoms with Gasteiger partial charge in [-0.1, -0.05) is 18.2 Å². The van der Waals surface area contributed by atoms with Gasteiger partial charge in [0.25, 0.3) is 0 Å². The van der Waals surface area contributed by atoms with Gasteiger partial charge in [-0.15, -0.1) is 24.0 Å². The van der Waals surface area contributed by atoms with Crippen molar-refractivity contribution >= 4 is 35.8 Å². The minimum Gasteiger partial charge on any atom is -0.497 e. The Balaban J connectivity index is 0.00000420. The van der Waals surface area contributed by atoms with E-state index in [0.29, 0.717) is 24.6 Å². The predicted molar refractivity (Wildman–Crippen MR) is 123 cm³/mol. The lowest BCUT2D eigenvalue weighted by atomic mass is 10.2. The first-order valence-electron chi connectivity index (χ1n) is 8.70. The van der Waals surface area contributed by atoms with E-state index in [1.54, 1.807) is 27.4 Å². The van der Waals surface area contributed by atoms with Crippen LogP contribution in [-0.2, 0) is 17.9 Å². The Bertz CT molecular complexity index is 813. The van der Waals surface area contributed by atoms with E-state index in [9.17, 15) is 4.79 Å². The minimum atomic E-state index is -0.180. The molecule has 0 aliphatic carbocycles. The number of carbonyl (C=O) groups is 1. The number of benzene rings is 2. The topological polar surface area (TPSA) is 107 Å². The summed E-state index contributed by atoms with van der Waals surface area (Å²) in [4.78, 5) is 16.2. The van der Waals surface area contributed by atoms with E-state index in [0.717, 1.165) is 16.9 Å². The lowest BCUT2D eigenvalue weighted by Crippen LogP contribution is -2.40. The van der Waals surface area contributed by atoms with E-state index in [-0.39, 0.29) is 42.4 Å². The standard InChI is InChI=1S/C20H26N4O4.HI/c1-26-16-7-4-14(5-8-16)11-22-19(25)13-24-20(21)23-12-15-6-9-17(27-2)18(10-15)28-3;/h4-10H,11-13H2,1-3H3,(H,22,25)(H3,21,23,24);1H. The first-order valence-corrected chi connectivity index (χ1v) is 8.70. The van der Waals surface area contributed by atoms with Crippen LogP contribution in [0.15, 0.2) is 47.5 Å². The van der Waals surface area contributed by atoms with Gasteiger partial charge in [0.1, 0.15) is 5.75 Å². The van der Waals surface area contributed by atoms with Gasteiger partial charge in [0.05, 0.1) is 34.4 Å². The molecular weight excluding hydrogens is 487 g/mol. The number of nitrogens with zero attached hydrogens (tertiary/aromatic N) is 1. The Morgan fingerprint density at radius 1 is 0.931 bits per heavy atom. The van der Waals surface area contributed by atoms with Gasteiger partial charge in [0, 0.05) is 6.54 Å². The van der Waals surface area contributed by atoms with Crippen LogP contribution >= 0.6 is 24.0 Å². The zero-order valence-corrected chi connectivity index (χ0v) is 19.1. The molecule has 4 N–H and O–H groups in total. The number of guanidine groups is 1. The Kier molecular flexibility index (Phi) is 10.7. The van der Waals surface area contributed by atoms with Crippen molar-refractivity contribution in [1.82, 2.24) is 10.6 Å². The van der Waals surface area contributed by atoms with Crippen LogP contribution in [-0.4, -0.2) is 39.7 Å². The molecule has 0 bridgehead atoms. The summed E-state index contributed by atoms with van der Waals surface area (Å²) in [6.45, 7) is 0.817. The van der Waals surface area contributed by atoms with Gasteiger partial charge in [-0.25, -0.2) is 4.99 Å². The Morgan fingerprint density at radius 2 is 1.59 bits per heavy atom. The number of hydrogen-bond donors (Lipinski definition) is 3. The van der Waals surface area contributed by atoms with Gasteiger partial charge in [-0.3, -0.25) is 4.79 Å². The van der Waals surface area contributed by atoms with Crippen molar-refractivity contribution < 1.29 is 19.0 Å². The molecule has 2 aromatic carbocycles. The molecule has 0 spiro atoms. The summed E-state index contributed by atoms with van der Waals surface area (Å²) in [7, 11) is 4.77. The zero-order valence-electron chi connectivity index (χ0n) is 16.7. The van der Waals surface area contributed by atoms with Crippen molar-refractivity contribution in [2.24, 2.45) is 10.7 Å². The lowest BCUT2D eigenvalue weighted by Gasteiger charge is -2.09. The highest BCUT2D eigenvalue weighted by Gasteiger charge is 2.05. The summed E-state index contributed by atoms with van der Waals surface area (Å²) < 4.78 is 15.6. The molecule has 2 rings (SSSR count). The number of hydrogen-bond acceptors (Lipinski definition) is 5. The second-order valence-corrected chi connectivity index (χ2v) is 5.87. The molecular formula is C20H27IN4O4. The maximum atomic E-state index is 11.9. The van der Waals surface area contributed by atoms with Crippen molar-refractivity contribution in [3.63, 3.8) is 0 Å². The quantitative estimate of drug-likeness (QED) is 0.269. The molecule has 158 valence electrons. The fraction of sp³-hybridized carbons (Fsp3) is 0.300. The Labute approximate surface area is 187 Å². The number of nitrogens with two attached hydrogens (primary N) is 1. The van der Waals surface area contributed by atoms with E-state index in [1.165, 1.54) is 0 Å². The van der Waals surface area contributed by atoms with E-state index >= 15 is 0 Å². The number of carbonyl (C=O) groups excluding carboxylic acids is 1. The molecule has 1 amide bonds. The monoisotopic (exact) mass is 514 g/mol. The first-order chi connectivity index (χ1) is 13.5. The molecule has 2 aromatic rings. The van der Waals surface area contributed by atoms with E-state index < -0.39 is 0 Å². The van der Waals surface area contributed by atoms with Crippen LogP contribution in [0.1, 0.15) is 11.1 Å². The molecule has 8 nitrogen and oxygen atoms in total. The van der Waals surface area contributed by atoms with Gasteiger partial charge in [-0.05, 0) is 35.4 Å². The molecule has 9 heteroatoms. The zero-order chi connectivity index (χ0) is 20.4. The average Bonchev–Trinajstić information content (AvgIpc) is 2.74. The second kappa shape index (κ2) is 12.7. The minimum absolute atomic E-state index is 0. The molecule has 0 fully saturated rings. The highest BCUT2D eigenvalue weighted by molar-refractivity contribution is 14.0. The van der Waals surface area contributed by atoms with Crippen molar-refractivity contribution in [2.45, 2.75) is 13.1 Å². The van der Waals surface area contributed by atoms with Gasteiger partial charge in [0.2, 0.25) is 5.91 Å². The highest BCUT2D eigenvalue weighted by atomic mass is 127. The molecule has 0 aliphatic heterocycles. The Morgan fingerprint density at radius 3 is 2.21 bits per heavy atom. The first kappa shape index (κ1) is 24.3. The summed E-state index contributed by atoms with van der Waals surface area (Å²) in [5.74, 6) is 2.05. The van der Waals surface area contributed by atoms with Gasteiger partial charge in [0.15, 0.2) is 17.5 Å². The largest absolute Gasteiger partial charge is 0.497 e. The predicted octanol–water partition coefficient (Wildman–Crippen LogP) is 2.05. The number of aliphatic imine (C=N–C) groups is 1. The molecule has 0 unspecified atom stereocenters. The van der Waals surface area contributed by atoms with Crippen LogP contribution < -0.4 is 30.6 Å². The second-order valence-electron chi connectivity index (χ2n) is 5.87. The van der Waals surface area contributed by atoms with Crippen molar-refractivity contribution in [2.75, 3.05) is 27.9 Å². The number of methoxy groups -OCH3 is 3. The summed E-state index contributed by atoms with van der Waals surface area (Å²) in [6, 6.07) is 13.0. The Hall–Kier alpha value is -2.69. The van der Waals surface area contributed by atoms with E-state index in [2.05, 4.69) is 15.6 Å². The van der Waals surface area contributed by atoms with Crippen LogP contribution in [0.2, 0.25) is 0 Å². The fourth-order valence-electron chi connectivity index (χ4n) is 2.39. The van der Waals surface area contributed by atoms with E-state index in [1.807, 2.05) is 36.4 Å². The summed E-state index contributed by atoms with van der Waals surface area (Å²) in [5.41, 5.74) is 7.71. The number of halogens is 1. The maximum absolute atomic E-state index is 11.9. The number of amides is 1. The van der Waals surface area contributed by atoms with Gasteiger partial charge >= 0.3 is 0 Å². The van der Waals surface area contributed by atoms with Crippen molar-refractivity contribution in [3.05, 3.63) is 53.6 Å². The normalized spacial score (nSPS) is 10.5. The molecule has 29 heavy (non-hydrogen) atoms. The third-order valence-electron chi connectivity index (χ3n) is 3.96. The van der Waals surface area contributed by atoms with Crippen LogP contribution in [0.5, 0.6) is 17.2 Å². The summed E-state index contributed by atoms with van der Waals surface area (Å²) in [5, 5.41) is 5.61. The van der Waals surface area contributed by atoms with Gasteiger partial charge in [-0.2, -0.15) is 0 Å². The number of rotatable bonds is 9. The van der Waals surface area contributed by atoms with Crippen molar-refractivity contribution in [1.29, 1.82) is 0 Å². The molecule has 0 aromatic heterocycles. The average molecular weight is 514 g/mol. The number of ether oxygens (including phenoxy) is 3. The smallest absolute Gasteiger partial charge is 0.239 e. The summed E-state index contributed by atoms with van der Waals surface area (Å²) in [6.07, 6.45) is 0. The molecule has 0 radical (unpaired) electrons. The van der Waals surface area contributed by atoms with E-state index in [4.69, 9.17) is 19.9 Å². The maximum Gasteiger partial charge on any atom is 0.239 e. The summed E-state index contributed by atoms with van der Waals surface area (Å²) >= 11 is 0. The highest BCUT2D eigenvalue weighted by Crippen LogP contribution is 2.27. The van der Waals surface area contributed by atoms with Crippen molar-refractivity contribution in [3.8, 4) is 17.2 Å². The SMILES string of the molecule is COc1ccc(CNC(=O)CNC(N)=NCc2ccc(OC)c(OC)c2)cc1.I. The van der Waals surface area contributed by atoms with Crippen LogP contribution in [0.3, 0.4) is 0 Å². The van der Waals surface area contributed by atoms with Crippen LogP contribution in [0, 0.1) is 0 Å². The third-order valence-corrected chi connectivity index (χ3v) is 3.96.